The predicted octanol–water partition coefficient (Wildman–Crippen LogP) is 2.71. The van der Waals surface area contributed by atoms with Crippen molar-refractivity contribution in [3.05, 3.63) is 18.2 Å². The summed E-state index contributed by atoms with van der Waals surface area (Å²) in [4.78, 5) is 11.6. The van der Waals surface area contributed by atoms with Crippen molar-refractivity contribution in [3.63, 3.8) is 0 Å². The van der Waals surface area contributed by atoms with Crippen molar-refractivity contribution in [2.24, 2.45) is 0 Å². The number of rotatable bonds is 6. The fourth-order valence-corrected chi connectivity index (χ4v) is 3.17. The van der Waals surface area contributed by atoms with Gasteiger partial charge in [0.2, 0.25) is 0 Å². The molecule has 0 saturated carbocycles. The highest BCUT2D eigenvalue weighted by Gasteiger charge is 2.13. The largest absolute Gasteiger partial charge is 0.490 e. The quantitative estimate of drug-likeness (QED) is 0.757. The Morgan fingerprint density at radius 2 is 1.95 bits per heavy atom. The van der Waals surface area contributed by atoms with Gasteiger partial charge in [0.25, 0.3) is 0 Å². The van der Waals surface area contributed by atoms with Gasteiger partial charge in [-0.1, -0.05) is 0 Å². The Balaban J connectivity index is 1.93. The van der Waals surface area contributed by atoms with Crippen molar-refractivity contribution in [1.82, 2.24) is 0 Å². The molecule has 4 nitrogen and oxygen atoms in total. The van der Waals surface area contributed by atoms with Crippen LogP contribution in [0, 0.1) is 0 Å². The molecule has 1 aliphatic heterocycles. The molecule has 0 spiro atoms. The minimum Gasteiger partial charge on any atom is -0.490 e. The SMILES string of the molecule is CC(=O)CCCCS(=O)c1ccc2c(c1)OCCCO2. The molecule has 0 fully saturated rings. The van der Waals surface area contributed by atoms with Crippen molar-refractivity contribution in [2.75, 3.05) is 19.0 Å². The number of ketones is 1. The maximum Gasteiger partial charge on any atom is 0.162 e. The lowest BCUT2D eigenvalue weighted by atomic mass is 10.2. The van der Waals surface area contributed by atoms with E-state index in [1.807, 2.05) is 18.2 Å². The van der Waals surface area contributed by atoms with Crippen LogP contribution >= 0.6 is 0 Å². The highest BCUT2D eigenvalue weighted by Crippen LogP contribution is 2.31. The van der Waals surface area contributed by atoms with Gasteiger partial charge in [0.15, 0.2) is 11.5 Å². The Morgan fingerprint density at radius 1 is 1.20 bits per heavy atom. The van der Waals surface area contributed by atoms with Gasteiger partial charge in [0.05, 0.1) is 24.0 Å². The van der Waals surface area contributed by atoms with Crippen molar-refractivity contribution in [2.45, 2.75) is 37.5 Å². The van der Waals surface area contributed by atoms with Gasteiger partial charge in [-0.25, -0.2) is 0 Å². The van der Waals surface area contributed by atoms with Crippen LogP contribution in [0.25, 0.3) is 0 Å². The summed E-state index contributed by atoms with van der Waals surface area (Å²) in [5.41, 5.74) is 0. The molecule has 20 heavy (non-hydrogen) atoms. The summed E-state index contributed by atoms with van der Waals surface area (Å²) in [6.45, 7) is 2.86. The Bertz CT molecular complexity index is 499. The third kappa shape index (κ3) is 4.34. The van der Waals surface area contributed by atoms with E-state index in [1.54, 1.807) is 6.92 Å². The first kappa shape index (κ1) is 15.0. The molecular weight excluding hydrogens is 276 g/mol. The van der Waals surface area contributed by atoms with E-state index in [0.717, 1.165) is 29.9 Å². The van der Waals surface area contributed by atoms with E-state index < -0.39 is 10.8 Å². The third-order valence-electron chi connectivity index (χ3n) is 3.09. The number of Topliss-reactive ketones (excluding diaryl/α,β-unsaturated/α-hetero) is 1. The Kier molecular flexibility index (Phi) is 5.59. The first-order chi connectivity index (χ1) is 9.66. The first-order valence-corrected chi connectivity index (χ1v) is 8.26. The summed E-state index contributed by atoms with van der Waals surface area (Å²) in [5.74, 6) is 2.16. The minimum absolute atomic E-state index is 0.186. The Morgan fingerprint density at radius 3 is 2.70 bits per heavy atom. The number of carbonyl (C=O) groups excluding carboxylic acids is 1. The van der Waals surface area contributed by atoms with Gasteiger partial charge in [-0.2, -0.15) is 0 Å². The molecule has 1 unspecified atom stereocenters. The molecule has 110 valence electrons. The molecule has 1 aliphatic rings. The number of fused-ring (bicyclic) bond motifs is 1. The van der Waals surface area contributed by atoms with Crippen molar-refractivity contribution in [3.8, 4) is 11.5 Å². The van der Waals surface area contributed by atoms with E-state index in [9.17, 15) is 9.00 Å². The van der Waals surface area contributed by atoms with Gasteiger partial charge in [0.1, 0.15) is 5.78 Å². The van der Waals surface area contributed by atoms with Crippen molar-refractivity contribution >= 4 is 16.6 Å². The molecule has 0 aromatic heterocycles. The Labute approximate surface area is 121 Å². The van der Waals surface area contributed by atoms with Gasteiger partial charge in [0, 0.05) is 29.6 Å². The second-order valence-corrected chi connectivity index (χ2v) is 6.44. The molecule has 5 heteroatoms. The van der Waals surface area contributed by atoms with Crippen LogP contribution in [0.1, 0.15) is 32.6 Å². The van der Waals surface area contributed by atoms with E-state index in [1.165, 1.54) is 0 Å². The van der Waals surface area contributed by atoms with E-state index in [2.05, 4.69) is 0 Å². The molecule has 2 rings (SSSR count). The zero-order chi connectivity index (χ0) is 14.4. The third-order valence-corrected chi connectivity index (χ3v) is 4.53. The molecule has 0 radical (unpaired) electrons. The number of unbranched alkanes of at least 4 members (excludes halogenated alkanes) is 1. The summed E-state index contributed by atoms with van der Waals surface area (Å²) < 4.78 is 23.3. The average molecular weight is 296 g/mol. The second kappa shape index (κ2) is 7.43. The van der Waals surface area contributed by atoms with E-state index in [-0.39, 0.29) is 5.78 Å². The summed E-state index contributed by atoms with van der Waals surface area (Å²) in [7, 11) is -1.05. The zero-order valence-electron chi connectivity index (χ0n) is 11.7. The lowest BCUT2D eigenvalue weighted by Crippen LogP contribution is -2.01. The molecule has 0 amide bonds. The lowest BCUT2D eigenvalue weighted by Gasteiger charge is -2.09. The van der Waals surface area contributed by atoms with Gasteiger partial charge < -0.3 is 14.3 Å². The van der Waals surface area contributed by atoms with E-state index >= 15 is 0 Å². The van der Waals surface area contributed by atoms with E-state index in [4.69, 9.17) is 9.47 Å². The molecular formula is C15H20O4S. The topological polar surface area (TPSA) is 52.6 Å². The lowest BCUT2D eigenvalue weighted by molar-refractivity contribution is -0.117. The molecule has 1 atom stereocenters. The standard InChI is InChI=1S/C15H20O4S/c1-12(16)5-2-3-10-20(17)13-6-7-14-15(11-13)19-9-4-8-18-14/h6-7,11H,2-5,8-10H2,1H3. The summed E-state index contributed by atoms with van der Waals surface area (Å²) in [6.07, 6.45) is 3.02. The van der Waals surface area contributed by atoms with Crippen LogP contribution < -0.4 is 9.47 Å². The average Bonchev–Trinajstić information content (AvgIpc) is 2.67. The molecule has 1 heterocycles. The number of carbonyl (C=O) groups is 1. The highest BCUT2D eigenvalue weighted by molar-refractivity contribution is 7.85. The second-order valence-electron chi connectivity index (χ2n) is 4.87. The van der Waals surface area contributed by atoms with Crippen LogP contribution in [0.2, 0.25) is 0 Å². The van der Waals surface area contributed by atoms with Gasteiger partial charge in [-0.05, 0) is 31.9 Å². The predicted molar refractivity (Wildman–Crippen MR) is 77.9 cm³/mol. The first-order valence-electron chi connectivity index (χ1n) is 6.94. The molecule has 0 bridgehead atoms. The van der Waals surface area contributed by atoms with E-state index in [0.29, 0.717) is 31.1 Å². The van der Waals surface area contributed by atoms with Crippen LogP contribution in [-0.2, 0) is 15.6 Å². The maximum atomic E-state index is 12.2. The van der Waals surface area contributed by atoms with Crippen molar-refractivity contribution < 1.29 is 18.5 Å². The molecule has 1 aromatic rings. The molecule has 0 N–H and O–H groups in total. The number of hydrogen-bond donors (Lipinski definition) is 0. The highest BCUT2D eigenvalue weighted by atomic mass is 32.2. The van der Waals surface area contributed by atoms with Crippen LogP contribution in [0.4, 0.5) is 0 Å². The summed E-state index contributed by atoms with van der Waals surface area (Å²) in [5, 5.41) is 0. The van der Waals surface area contributed by atoms with Gasteiger partial charge in [-0.3, -0.25) is 4.21 Å². The van der Waals surface area contributed by atoms with Gasteiger partial charge >= 0.3 is 0 Å². The molecule has 1 aromatic carbocycles. The van der Waals surface area contributed by atoms with Crippen LogP contribution in [0.15, 0.2) is 23.1 Å². The number of ether oxygens (including phenoxy) is 2. The van der Waals surface area contributed by atoms with Crippen LogP contribution in [0.5, 0.6) is 11.5 Å². The van der Waals surface area contributed by atoms with Gasteiger partial charge in [-0.15, -0.1) is 0 Å². The number of benzene rings is 1. The fraction of sp³-hybridized carbons (Fsp3) is 0.533. The zero-order valence-corrected chi connectivity index (χ0v) is 12.5. The van der Waals surface area contributed by atoms with Crippen molar-refractivity contribution in [1.29, 1.82) is 0 Å². The smallest absolute Gasteiger partial charge is 0.162 e. The molecule has 0 saturated heterocycles. The monoisotopic (exact) mass is 296 g/mol. The summed E-state index contributed by atoms with van der Waals surface area (Å²) >= 11 is 0. The van der Waals surface area contributed by atoms with Crippen LogP contribution in [-0.4, -0.2) is 29.0 Å². The number of hydrogen-bond acceptors (Lipinski definition) is 4. The van der Waals surface area contributed by atoms with Crippen LogP contribution in [0.3, 0.4) is 0 Å². The minimum atomic E-state index is -1.05. The normalized spacial score (nSPS) is 15.4. The maximum absolute atomic E-state index is 12.2. The molecule has 0 aliphatic carbocycles. The summed E-state index contributed by atoms with van der Waals surface area (Å²) in [6, 6.07) is 5.46. The fourth-order valence-electron chi connectivity index (χ4n) is 2.01. The Hall–Kier alpha value is -1.36.